The molecule has 0 saturated carbocycles. The van der Waals surface area contributed by atoms with E-state index in [9.17, 15) is 4.39 Å². The van der Waals surface area contributed by atoms with Gasteiger partial charge in [0.05, 0.1) is 11.1 Å². The molecule has 1 aliphatic heterocycles. The fourth-order valence-electron chi connectivity index (χ4n) is 3.02. The lowest BCUT2D eigenvalue weighted by Crippen LogP contribution is -2.49. The topological polar surface area (TPSA) is 32.5 Å². The van der Waals surface area contributed by atoms with E-state index in [2.05, 4.69) is 23.6 Å². The molecule has 1 heterocycles. The standard InChI is InChI=1S/C16H25ClFN3/c1-12(2)11-20-6-8-21(9-7-20)15(10-19)13-4-3-5-14(17)16(13)18/h3-5,12,15H,6-11,19H2,1-2H3. The van der Waals surface area contributed by atoms with Gasteiger partial charge in [-0.2, -0.15) is 0 Å². The molecule has 1 atom stereocenters. The molecular formula is C16H25ClFN3. The lowest BCUT2D eigenvalue weighted by atomic mass is 10.0. The number of hydrogen-bond acceptors (Lipinski definition) is 3. The van der Waals surface area contributed by atoms with E-state index in [0.717, 1.165) is 32.7 Å². The van der Waals surface area contributed by atoms with Crippen molar-refractivity contribution in [1.29, 1.82) is 0 Å². The molecule has 0 bridgehead atoms. The molecule has 0 amide bonds. The van der Waals surface area contributed by atoms with Crippen LogP contribution in [0, 0.1) is 11.7 Å². The third-order valence-corrected chi connectivity index (χ3v) is 4.33. The van der Waals surface area contributed by atoms with Gasteiger partial charge in [-0.3, -0.25) is 4.90 Å². The molecule has 0 aliphatic carbocycles. The number of benzene rings is 1. The van der Waals surface area contributed by atoms with Crippen LogP contribution in [0.5, 0.6) is 0 Å². The third kappa shape index (κ3) is 4.16. The van der Waals surface area contributed by atoms with Crippen LogP contribution in [-0.2, 0) is 0 Å². The van der Waals surface area contributed by atoms with Crippen molar-refractivity contribution >= 4 is 11.6 Å². The maximum absolute atomic E-state index is 14.2. The largest absolute Gasteiger partial charge is 0.329 e. The molecule has 1 fully saturated rings. The van der Waals surface area contributed by atoms with Gasteiger partial charge in [-0.05, 0) is 12.0 Å². The summed E-state index contributed by atoms with van der Waals surface area (Å²) in [4.78, 5) is 4.73. The van der Waals surface area contributed by atoms with Crippen LogP contribution in [0.25, 0.3) is 0 Å². The molecule has 1 aromatic rings. The van der Waals surface area contributed by atoms with Gasteiger partial charge in [0.15, 0.2) is 0 Å². The summed E-state index contributed by atoms with van der Waals surface area (Å²) in [5.74, 6) is 0.339. The van der Waals surface area contributed by atoms with Crippen molar-refractivity contribution in [3.8, 4) is 0 Å². The fourth-order valence-corrected chi connectivity index (χ4v) is 3.21. The average molecular weight is 314 g/mol. The van der Waals surface area contributed by atoms with Crippen molar-refractivity contribution in [3.63, 3.8) is 0 Å². The summed E-state index contributed by atoms with van der Waals surface area (Å²) in [6.45, 7) is 9.84. The highest BCUT2D eigenvalue weighted by atomic mass is 35.5. The first-order valence-electron chi connectivity index (χ1n) is 7.63. The minimum absolute atomic E-state index is 0.0927. The molecule has 0 radical (unpaired) electrons. The van der Waals surface area contributed by atoms with Crippen LogP contribution in [0.3, 0.4) is 0 Å². The highest BCUT2D eigenvalue weighted by molar-refractivity contribution is 6.30. The van der Waals surface area contributed by atoms with E-state index in [-0.39, 0.29) is 16.9 Å². The Kier molecular flexibility index (Phi) is 5.99. The van der Waals surface area contributed by atoms with Crippen LogP contribution in [0.1, 0.15) is 25.5 Å². The number of halogens is 2. The zero-order valence-corrected chi connectivity index (χ0v) is 13.6. The maximum Gasteiger partial charge on any atom is 0.146 e. The fraction of sp³-hybridized carbons (Fsp3) is 0.625. The highest BCUT2D eigenvalue weighted by Crippen LogP contribution is 2.27. The molecular weight excluding hydrogens is 289 g/mol. The van der Waals surface area contributed by atoms with Crippen LogP contribution in [-0.4, -0.2) is 49.1 Å². The average Bonchev–Trinajstić information content (AvgIpc) is 2.45. The summed E-state index contributed by atoms with van der Waals surface area (Å²) in [6, 6.07) is 5.07. The Hall–Kier alpha value is -0.680. The zero-order chi connectivity index (χ0) is 15.4. The van der Waals surface area contributed by atoms with Gasteiger partial charge in [0, 0.05) is 44.8 Å². The summed E-state index contributed by atoms with van der Waals surface area (Å²) < 4.78 is 14.2. The predicted octanol–water partition coefficient (Wildman–Crippen LogP) is 2.75. The second-order valence-electron chi connectivity index (χ2n) is 6.12. The Balaban J connectivity index is 2.04. The first-order chi connectivity index (χ1) is 10.0. The number of nitrogens with zero attached hydrogens (tertiary/aromatic N) is 2. The number of piperazine rings is 1. The Morgan fingerprint density at radius 3 is 2.48 bits per heavy atom. The van der Waals surface area contributed by atoms with Crippen LogP contribution in [0.2, 0.25) is 5.02 Å². The van der Waals surface area contributed by atoms with Crippen molar-refractivity contribution < 1.29 is 4.39 Å². The monoisotopic (exact) mass is 313 g/mol. The van der Waals surface area contributed by atoms with Gasteiger partial charge >= 0.3 is 0 Å². The van der Waals surface area contributed by atoms with E-state index >= 15 is 0 Å². The van der Waals surface area contributed by atoms with Gasteiger partial charge in [-0.1, -0.05) is 37.6 Å². The Morgan fingerprint density at radius 2 is 1.90 bits per heavy atom. The molecule has 5 heteroatoms. The van der Waals surface area contributed by atoms with Crippen molar-refractivity contribution in [3.05, 3.63) is 34.6 Å². The predicted molar refractivity (Wildman–Crippen MR) is 86.1 cm³/mol. The van der Waals surface area contributed by atoms with Crippen LogP contribution in [0.15, 0.2) is 18.2 Å². The molecule has 0 aromatic heterocycles. The van der Waals surface area contributed by atoms with Gasteiger partial charge in [0.25, 0.3) is 0 Å². The molecule has 1 aliphatic rings. The van der Waals surface area contributed by atoms with Crippen molar-refractivity contribution in [2.75, 3.05) is 39.3 Å². The van der Waals surface area contributed by atoms with Gasteiger partial charge in [-0.25, -0.2) is 4.39 Å². The van der Waals surface area contributed by atoms with E-state index in [1.54, 1.807) is 18.2 Å². The molecule has 2 rings (SSSR count). The molecule has 1 aromatic carbocycles. The van der Waals surface area contributed by atoms with E-state index in [4.69, 9.17) is 17.3 Å². The van der Waals surface area contributed by atoms with Gasteiger partial charge < -0.3 is 10.6 Å². The SMILES string of the molecule is CC(C)CN1CCN(C(CN)c2cccc(Cl)c2F)CC1. The number of hydrogen-bond donors (Lipinski definition) is 1. The third-order valence-electron chi connectivity index (χ3n) is 4.03. The number of rotatable bonds is 5. The highest BCUT2D eigenvalue weighted by Gasteiger charge is 2.26. The van der Waals surface area contributed by atoms with Gasteiger partial charge in [0.1, 0.15) is 5.82 Å². The molecule has 3 nitrogen and oxygen atoms in total. The molecule has 0 spiro atoms. The summed E-state index contributed by atoms with van der Waals surface area (Å²) in [7, 11) is 0. The van der Waals surface area contributed by atoms with E-state index in [1.807, 2.05) is 0 Å². The molecule has 2 N–H and O–H groups in total. The maximum atomic E-state index is 14.2. The first-order valence-corrected chi connectivity index (χ1v) is 8.01. The normalized spacial score (nSPS) is 19.1. The number of nitrogens with two attached hydrogens (primary N) is 1. The Bertz CT molecular complexity index is 459. The lowest BCUT2D eigenvalue weighted by Gasteiger charge is -2.39. The summed E-state index contributed by atoms with van der Waals surface area (Å²) >= 11 is 5.89. The minimum Gasteiger partial charge on any atom is -0.329 e. The van der Waals surface area contributed by atoms with Gasteiger partial charge in [0.2, 0.25) is 0 Å². The second kappa shape index (κ2) is 7.54. The molecule has 21 heavy (non-hydrogen) atoms. The zero-order valence-electron chi connectivity index (χ0n) is 12.9. The van der Waals surface area contributed by atoms with E-state index in [0.29, 0.717) is 18.0 Å². The van der Waals surface area contributed by atoms with Gasteiger partial charge in [-0.15, -0.1) is 0 Å². The quantitative estimate of drug-likeness (QED) is 0.907. The Labute approximate surface area is 131 Å². The van der Waals surface area contributed by atoms with Crippen LogP contribution < -0.4 is 5.73 Å². The second-order valence-corrected chi connectivity index (χ2v) is 6.53. The van der Waals surface area contributed by atoms with Crippen molar-refractivity contribution in [2.24, 2.45) is 11.7 Å². The minimum atomic E-state index is -0.334. The van der Waals surface area contributed by atoms with Crippen molar-refractivity contribution in [1.82, 2.24) is 9.80 Å². The van der Waals surface area contributed by atoms with Crippen molar-refractivity contribution in [2.45, 2.75) is 19.9 Å². The van der Waals surface area contributed by atoms with Crippen LogP contribution >= 0.6 is 11.6 Å². The molecule has 1 unspecified atom stereocenters. The summed E-state index contributed by atoms with van der Waals surface area (Å²) in [5, 5.41) is 0.171. The summed E-state index contributed by atoms with van der Waals surface area (Å²) in [5.41, 5.74) is 6.52. The molecule has 1 saturated heterocycles. The van der Waals surface area contributed by atoms with E-state index in [1.165, 1.54) is 0 Å². The smallest absolute Gasteiger partial charge is 0.146 e. The lowest BCUT2D eigenvalue weighted by molar-refractivity contribution is 0.0899. The first kappa shape index (κ1) is 16.7. The summed E-state index contributed by atoms with van der Waals surface area (Å²) in [6.07, 6.45) is 0. The van der Waals surface area contributed by atoms with E-state index < -0.39 is 0 Å². The Morgan fingerprint density at radius 1 is 1.24 bits per heavy atom. The van der Waals surface area contributed by atoms with Crippen LogP contribution in [0.4, 0.5) is 4.39 Å². The molecule has 118 valence electrons.